The Morgan fingerprint density at radius 1 is 1.14 bits per heavy atom. The first-order chi connectivity index (χ1) is 14.3. The van der Waals surface area contributed by atoms with Crippen molar-refractivity contribution in [2.45, 2.75) is 25.0 Å². The van der Waals surface area contributed by atoms with Gasteiger partial charge in [0, 0.05) is 57.3 Å². The van der Waals surface area contributed by atoms with Gasteiger partial charge in [0.1, 0.15) is 0 Å². The molecule has 4 rings (SSSR count). The van der Waals surface area contributed by atoms with Gasteiger partial charge in [-0.25, -0.2) is 0 Å². The lowest BCUT2D eigenvalue weighted by atomic mass is 10.0. The number of methoxy groups -OCH3 is 1. The average Bonchev–Trinajstić information content (AvgIpc) is 3.33. The van der Waals surface area contributed by atoms with Crippen molar-refractivity contribution in [3.8, 4) is 0 Å². The number of rotatable bonds is 8. The second-order valence-electron chi connectivity index (χ2n) is 7.09. The zero-order chi connectivity index (χ0) is 20.1. The summed E-state index contributed by atoms with van der Waals surface area (Å²) in [4.78, 5) is 11.1. The van der Waals surface area contributed by atoms with Gasteiger partial charge >= 0.3 is 0 Å². The van der Waals surface area contributed by atoms with Crippen LogP contribution in [0.25, 0.3) is 0 Å². The third-order valence-corrected chi connectivity index (χ3v) is 5.54. The number of thiocarbonyl (C=S) groups is 1. The molecular weight excluding hydrogens is 382 g/mol. The Morgan fingerprint density at radius 2 is 2.07 bits per heavy atom. The molecule has 0 unspecified atom stereocenters. The molecule has 0 aromatic carbocycles. The zero-order valence-corrected chi connectivity index (χ0v) is 17.3. The van der Waals surface area contributed by atoms with E-state index in [9.17, 15) is 0 Å². The van der Waals surface area contributed by atoms with Crippen molar-refractivity contribution in [1.82, 2.24) is 24.8 Å². The number of aromatic nitrogens is 3. The van der Waals surface area contributed by atoms with E-state index < -0.39 is 0 Å². The van der Waals surface area contributed by atoms with Crippen LogP contribution in [0.5, 0.6) is 0 Å². The largest absolute Gasteiger partial charge is 0.385 e. The molecule has 0 spiro atoms. The molecule has 0 radical (unpaired) electrons. The molecule has 1 aliphatic rings. The molecule has 3 aromatic heterocycles. The molecule has 2 atom stereocenters. The molecule has 1 N–H and O–H groups in total. The molecule has 1 saturated heterocycles. The maximum Gasteiger partial charge on any atom is 0.170 e. The Labute approximate surface area is 176 Å². The van der Waals surface area contributed by atoms with Crippen molar-refractivity contribution in [2.24, 2.45) is 0 Å². The molecule has 0 saturated carbocycles. The predicted molar refractivity (Wildman–Crippen MR) is 116 cm³/mol. The number of hydrogen-bond acceptors (Lipinski definition) is 4. The summed E-state index contributed by atoms with van der Waals surface area (Å²) in [7, 11) is 1.73. The summed E-state index contributed by atoms with van der Waals surface area (Å²) >= 11 is 5.72. The van der Waals surface area contributed by atoms with Gasteiger partial charge in [0.2, 0.25) is 0 Å². The van der Waals surface area contributed by atoms with Crippen molar-refractivity contribution >= 4 is 17.3 Å². The molecular formula is C22H25N5OS. The molecule has 0 bridgehead atoms. The lowest BCUT2D eigenvalue weighted by molar-refractivity contribution is 0.179. The van der Waals surface area contributed by atoms with E-state index in [0.29, 0.717) is 6.61 Å². The van der Waals surface area contributed by atoms with Crippen LogP contribution in [0.2, 0.25) is 0 Å². The third kappa shape index (κ3) is 4.31. The summed E-state index contributed by atoms with van der Waals surface area (Å²) in [5, 5.41) is 4.27. The van der Waals surface area contributed by atoms with Gasteiger partial charge in [0.25, 0.3) is 0 Å². The van der Waals surface area contributed by atoms with Gasteiger partial charge in [-0.3, -0.25) is 9.97 Å². The van der Waals surface area contributed by atoms with Crippen LogP contribution in [-0.2, 0) is 11.3 Å². The number of nitrogens with zero attached hydrogens (tertiary/aromatic N) is 4. The van der Waals surface area contributed by atoms with Crippen LogP contribution in [0, 0.1) is 0 Å². The van der Waals surface area contributed by atoms with Crippen molar-refractivity contribution in [2.75, 3.05) is 20.3 Å². The fraction of sp³-hybridized carbons (Fsp3) is 0.318. The van der Waals surface area contributed by atoms with Gasteiger partial charge in [-0.15, -0.1) is 0 Å². The number of ether oxygens (including phenoxy) is 1. The van der Waals surface area contributed by atoms with Crippen LogP contribution in [0.15, 0.2) is 67.3 Å². The van der Waals surface area contributed by atoms with E-state index >= 15 is 0 Å². The quantitative estimate of drug-likeness (QED) is 0.457. The van der Waals surface area contributed by atoms with Crippen molar-refractivity contribution in [3.05, 3.63) is 84.2 Å². The molecule has 150 valence electrons. The van der Waals surface area contributed by atoms with Gasteiger partial charge in [0.05, 0.1) is 17.8 Å². The molecule has 0 aliphatic carbocycles. The van der Waals surface area contributed by atoms with E-state index in [1.807, 2.05) is 30.6 Å². The third-order valence-electron chi connectivity index (χ3n) is 5.19. The van der Waals surface area contributed by atoms with Gasteiger partial charge in [-0.1, -0.05) is 12.1 Å². The molecule has 0 amide bonds. The minimum Gasteiger partial charge on any atom is -0.385 e. The second kappa shape index (κ2) is 9.15. The molecule has 7 heteroatoms. The van der Waals surface area contributed by atoms with E-state index in [1.54, 1.807) is 13.3 Å². The lowest BCUT2D eigenvalue weighted by Crippen LogP contribution is -2.32. The summed E-state index contributed by atoms with van der Waals surface area (Å²) in [5.41, 5.74) is 3.36. The van der Waals surface area contributed by atoms with E-state index in [2.05, 4.69) is 55.2 Å². The fourth-order valence-electron chi connectivity index (χ4n) is 3.88. The van der Waals surface area contributed by atoms with Crippen LogP contribution in [0.4, 0.5) is 0 Å². The highest BCUT2D eigenvalue weighted by molar-refractivity contribution is 7.80. The Kier molecular flexibility index (Phi) is 6.17. The van der Waals surface area contributed by atoms with E-state index in [1.165, 1.54) is 11.3 Å². The van der Waals surface area contributed by atoms with Crippen LogP contribution >= 0.6 is 12.2 Å². The summed E-state index contributed by atoms with van der Waals surface area (Å²) in [6, 6.07) is 14.4. The van der Waals surface area contributed by atoms with Crippen LogP contribution in [-0.4, -0.2) is 44.8 Å². The monoisotopic (exact) mass is 407 g/mol. The highest BCUT2D eigenvalue weighted by Crippen LogP contribution is 2.38. The van der Waals surface area contributed by atoms with Crippen LogP contribution in [0.1, 0.15) is 35.5 Å². The first-order valence-corrected chi connectivity index (χ1v) is 10.2. The first kappa shape index (κ1) is 19.5. The molecule has 4 heterocycles. The summed E-state index contributed by atoms with van der Waals surface area (Å²) < 4.78 is 7.54. The highest BCUT2D eigenvalue weighted by Gasteiger charge is 2.40. The number of nitrogens with one attached hydrogen (secondary N) is 1. The van der Waals surface area contributed by atoms with Crippen molar-refractivity contribution < 1.29 is 4.74 Å². The van der Waals surface area contributed by atoms with Gasteiger partial charge < -0.3 is 19.5 Å². The highest BCUT2D eigenvalue weighted by atomic mass is 32.1. The minimum absolute atomic E-state index is 0.00575. The Morgan fingerprint density at radius 3 is 2.83 bits per heavy atom. The smallest absolute Gasteiger partial charge is 0.170 e. The van der Waals surface area contributed by atoms with Gasteiger partial charge in [0.15, 0.2) is 5.11 Å². The summed E-state index contributed by atoms with van der Waals surface area (Å²) in [6.07, 6.45) is 8.57. The van der Waals surface area contributed by atoms with Gasteiger partial charge in [-0.05, 0) is 54.5 Å². The van der Waals surface area contributed by atoms with Crippen molar-refractivity contribution in [1.29, 1.82) is 0 Å². The van der Waals surface area contributed by atoms with Gasteiger partial charge in [-0.2, -0.15) is 0 Å². The Balaban J connectivity index is 1.68. The average molecular weight is 408 g/mol. The fourth-order valence-corrected chi connectivity index (χ4v) is 4.21. The SMILES string of the molecule is COCCCN1C(=S)N[C@@H](c2ccccn2)[C@@H]1c1cccn1Cc1cccnc1. The van der Waals surface area contributed by atoms with Crippen molar-refractivity contribution in [3.63, 3.8) is 0 Å². The topological polar surface area (TPSA) is 55.2 Å². The predicted octanol–water partition coefficient (Wildman–Crippen LogP) is 3.34. The number of hydrogen-bond donors (Lipinski definition) is 1. The van der Waals surface area contributed by atoms with E-state index in [0.717, 1.165) is 30.3 Å². The number of pyridine rings is 2. The molecule has 1 aliphatic heterocycles. The van der Waals surface area contributed by atoms with E-state index in [-0.39, 0.29) is 12.1 Å². The molecule has 1 fully saturated rings. The Bertz CT molecular complexity index is 931. The summed E-state index contributed by atoms with van der Waals surface area (Å²) in [6.45, 7) is 2.29. The first-order valence-electron chi connectivity index (χ1n) is 9.79. The zero-order valence-electron chi connectivity index (χ0n) is 16.4. The maximum atomic E-state index is 5.72. The second-order valence-corrected chi connectivity index (χ2v) is 7.48. The van der Waals surface area contributed by atoms with Crippen LogP contribution in [0.3, 0.4) is 0 Å². The lowest BCUT2D eigenvalue weighted by Gasteiger charge is -2.29. The standard InChI is InChI=1S/C22H25N5OS/c1-28-14-6-13-27-21(20(25-22(27)29)18-8-2-3-11-24-18)19-9-5-12-26(19)16-17-7-4-10-23-15-17/h2-5,7-12,15,20-21H,6,13-14,16H2,1H3,(H,25,29)/t20-,21-/m0/s1. The summed E-state index contributed by atoms with van der Waals surface area (Å²) in [5.74, 6) is 0. The van der Waals surface area contributed by atoms with E-state index in [4.69, 9.17) is 17.0 Å². The van der Waals surface area contributed by atoms with Crippen LogP contribution < -0.4 is 5.32 Å². The molecule has 29 heavy (non-hydrogen) atoms. The Hall–Kier alpha value is -2.77. The maximum absolute atomic E-state index is 5.72. The molecule has 6 nitrogen and oxygen atoms in total. The molecule has 3 aromatic rings. The normalized spacial score (nSPS) is 18.8. The minimum atomic E-state index is -0.00575.